The van der Waals surface area contributed by atoms with Crippen LogP contribution in [-0.2, 0) is 0 Å². The number of carbonyl (C=O) groups excluding carboxylic acids is 1. The van der Waals surface area contributed by atoms with Gasteiger partial charge in [-0.15, -0.1) is 11.3 Å². The number of halogens is 3. The second-order valence-electron chi connectivity index (χ2n) is 5.22. The first-order valence-corrected chi connectivity index (χ1v) is 7.51. The zero-order chi connectivity index (χ0) is 16.3. The number of hydrogen-bond donors (Lipinski definition) is 2. The van der Waals surface area contributed by atoms with Crippen molar-refractivity contribution in [3.63, 3.8) is 0 Å². The number of aromatic carboxylic acids is 1. The van der Waals surface area contributed by atoms with E-state index in [-0.39, 0.29) is 22.9 Å². The number of rotatable bonds is 5. The van der Waals surface area contributed by atoms with Gasteiger partial charge >= 0.3 is 12.1 Å². The molecule has 0 spiro atoms. The molecule has 1 aromatic heterocycles. The molecular weight excluding hydrogens is 321 g/mol. The second-order valence-corrected chi connectivity index (χ2v) is 6.13. The molecule has 1 amide bonds. The maximum absolute atomic E-state index is 12.3. The molecule has 22 heavy (non-hydrogen) atoms. The summed E-state index contributed by atoms with van der Waals surface area (Å²) in [6.07, 6.45) is -3.61. The molecule has 1 unspecified atom stereocenters. The maximum Gasteiger partial charge on any atom is 0.401 e. The predicted octanol–water partition coefficient (Wildman–Crippen LogP) is 2.06. The predicted molar refractivity (Wildman–Crippen MR) is 74.2 cm³/mol. The number of nitrogens with one attached hydrogen (secondary N) is 1. The lowest BCUT2D eigenvalue weighted by molar-refractivity contribution is -0.143. The summed E-state index contributed by atoms with van der Waals surface area (Å²) in [4.78, 5) is 24.0. The summed E-state index contributed by atoms with van der Waals surface area (Å²) in [6, 6.07) is 1.28. The SMILES string of the molecule is O=C(NCC1CCN(CC(F)(F)F)C1)c1csc(C(=O)O)c1. The zero-order valence-corrected chi connectivity index (χ0v) is 12.3. The number of carbonyl (C=O) groups is 2. The molecule has 0 aromatic carbocycles. The van der Waals surface area contributed by atoms with Crippen LogP contribution in [0.5, 0.6) is 0 Å². The molecule has 1 fully saturated rings. The number of carboxylic acid groups (broad SMARTS) is 1. The normalized spacial score (nSPS) is 19.3. The Labute approximate surface area is 128 Å². The molecule has 2 heterocycles. The van der Waals surface area contributed by atoms with Gasteiger partial charge in [0.15, 0.2) is 0 Å². The standard InChI is InChI=1S/C13H15F3N2O3S/c14-13(15,16)7-18-2-1-8(5-18)4-17-11(19)9-3-10(12(20)21)22-6-9/h3,6,8H,1-2,4-5,7H2,(H,17,19)(H,20,21). The molecule has 122 valence electrons. The van der Waals surface area contributed by atoms with E-state index in [1.165, 1.54) is 16.3 Å². The highest BCUT2D eigenvalue weighted by Crippen LogP contribution is 2.22. The quantitative estimate of drug-likeness (QED) is 0.864. The lowest BCUT2D eigenvalue weighted by Gasteiger charge is -2.17. The van der Waals surface area contributed by atoms with Crippen LogP contribution in [0.15, 0.2) is 11.4 Å². The molecule has 9 heteroatoms. The topological polar surface area (TPSA) is 69.6 Å². The van der Waals surface area contributed by atoms with Gasteiger partial charge in [-0.05, 0) is 24.9 Å². The van der Waals surface area contributed by atoms with E-state index in [1.54, 1.807) is 0 Å². The highest BCUT2D eigenvalue weighted by atomic mass is 32.1. The third-order valence-corrected chi connectivity index (χ3v) is 4.31. The Kier molecular flexibility index (Phi) is 5.07. The van der Waals surface area contributed by atoms with Gasteiger partial charge < -0.3 is 10.4 Å². The molecule has 1 aliphatic heterocycles. The van der Waals surface area contributed by atoms with Crippen molar-refractivity contribution in [2.75, 3.05) is 26.2 Å². The fraction of sp³-hybridized carbons (Fsp3) is 0.538. The Morgan fingerprint density at radius 3 is 2.77 bits per heavy atom. The molecule has 1 aliphatic rings. The summed E-state index contributed by atoms with van der Waals surface area (Å²) >= 11 is 0.957. The zero-order valence-electron chi connectivity index (χ0n) is 11.5. The summed E-state index contributed by atoms with van der Waals surface area (Å²) in [5.41, 5.74) is 0.257. The van der Waals surface area contributed by atoms with E-state index in [9.17, 15) is 22.8 Å². The van der Waals surface area contributed by atoms with E-state index >= 15 is 0 Å². The molecule has 2 N–H and O–H groups in total. The Morgan fingerprint density at radius 1 is 1.45 bits per heavy atom. The van der Waals surface area contributed by atoms with Gasteiger partial charge in [0.1, 0.15) is 4.88 Å². The maximum atomic E-state index is 12.3. The Hall–Kier alpha value is -1.61. The number of nitrogens with zero attached hydrogens (tertiary/aromatic N) is 1. The summed E-state index contributed by atoms with van der Waals surface area (Å²) in [7, 11) is 0. The lowest BCUT2D eigenvalue weighted by atomic mass is 10.1. The Bertz CT molecular complexity index is 559. The van der Waals surface area contributed by atoms with Crippen molar-refractivity contribution in [3.8, 4) is 0 Å². The number of carboxylic acids is 1. The molecule has 1 aromatic rings. The van der Waals surface area contributed by atoms with Crippen LogP contribution < -0.4 is 5.32 Å². The van der Waals surface area contributed by atoms with Gasteiger partial charge in [0.05, 0.1) is 12.1 Å². The van der Waals surface area contributed by atoms with Gasteiger partial charge in [0, 0.05) is 18.5 Å². The molecule has 0 radical (unpaired) electrons. The number of hydrogen-bond acceptors (Lipinski definition) is 4. The largest absolute Gasteiger partial charge is 0.477 e. The first kappa shape index (κ1) is 16.8. The summed E-state index contributed by atoms with van der Waals surface area (Å²) in [6.45, 7) is 0.0147. The third kappa shape index (κ3) is 4.70. The van der Waals surface area contributed by atoms with Crippen molar-refractivity contribution in [2.24, 2.45) is 5.92 Å². The monoisotopic (exact) mass is 336 g/mol. The van der Waals surface area contributed by atoms with Crippen LogP contribution in [0.4, 0.5) is 13.2 Å². The van der Waals surface area contributed by atoms with Crippen LogP contribution in [-0.4, -0.2) is 54.2 Å². The molecule has 0 saturated carbocycles. The van der Waals surface area contributed by atoms with Crippen molar-refractivity contribution >= 4 is 23.2 Å². The third-order valence-electron chi connectivity index (χ3n) is 3.40. The average molecular weight is 336 g/mol. The molecule has 2 rings (SSSR count). The number of thiophene rings is 1. The van der Waals surface area contributed by atoms with Crippen molar-refractivity contribution in [1.29, 1.82) is 0 Å². The van der Waals surface area contributed by atoms with Crippen LogP contribution >= 0.6 is 11.3 Å². The van der Waals surface area contributed by atoms with E-state index in [2.05, 4.69) is 5.32 Å². The van der Waals surface area contributed by atoms with Crippen molar-refractivity contribution in [2.45, 2.75) is 12.6 Å². The van der Waals surface area contributed by atoms with Gasteiger partial charge in [-0.25, -0.2) is 4.79 Å². The summed E-state index contributed by atoms with van der Waals surface area (Å²) in [5.74, 6) is -1.52. The van der Waals surface area contributed by atoms with E-state index in [0.29, 0.717) is 19.5 Å². The average Bonchev–Trinajstić information content (AvgIpc) is 3.02. The first-order chi connectivity index (χ1) is 10.2. The molecule has 1 atom stereocenters. The van der Waals surface area contributed by atoms with Crippen LogP contribution in [0.1, 0.15) is 26.5 Å². The Balaban J connectivity index is 1.78. The molecule has 0 aliphatic carbocycles. The lowest BCUT2D eigenvalue weighted by Crippen LogP contribution is -2.34. The second kappa shape index (κ2) is 6.66. The van der Waals surface area contributed by atoms with E-state index < -0.39 is 24.6 Å². The van der Waals surface area contributed by atoms with E-state index in [1.807, 2.05) is 0 Å². The van der Waals surface area contributed by atoms with Gasteiger partial charge in [-0.3, -0.25) is 9.69 Å². The molecular formula is C13H15F3N2O3S. The van der Waals surface area contributed by atoms with Gasteiger partial charge in [0.2, 0.25) is 0 Å². The fourth-order valence-electron chi connectivity index (χ4n) is 2.38. The molecule has 0 bridgehead atoms. The van der Waals surface area contributed by atoms with E-state index in [0.717, 1.165) is 11.3 Å². The number of amides is 1. The molecule has 5 nitrogen and oxygen atoms in total. The number of alkyl halides is 3. The van der Waals surface area contributed by atoms with E-state index in [4.69, 9.17) is 5.11 Å². The highest BCUT2D eigenvalue weighted by molar-refractivity contribution is 7.12. The summed E-state index contributed by atoms with van der Waals surface area (Å²) < 4.78 is 36.8. The van der Waals surface area contributed by atoms with Crippen LogP contribution in [0.3, 0.4) is 0 Å². The Morgan fingerprint density at radius 2 is 2.18 bits per heavy atom. The van der Waals surface area contributed by atoms with Crippen molar-refractivity contribution in [1.82, 2.24) is 10.2 Å². The van der Waals surface area contributed by atoms with Crippen LogP contribution in [0.25, 0.3) is 0 Å². The smallest absolute Gasteiger partial charge is 0.401 e. The highest BCUT2D eigenvalue weighted by Gasteiger charge is 2.34. The van der Waals surface area contributed by atoms with Crippen LogP contribution in [0.2, 0.25) is 0 Å². The minimum absolute atomic E-state index is 0.0242. The minimum Gasteiger partial charge on any atom is -0.477 e. The fourth-order valence-corrected chi connectivity index (χ4v) is 3.11. The summed E-state index contributed by atoms with van der Waals surface area (Å²) in [5, 5.41) is 12.9. The van der Waals surface area contributed by atoms with Gasteiger partial charge in [0.25, 0.3) is 5.91 Å². The number of likely N-dealkylation sites (tertiary alicyclic amines) is 1. The van der Waals surface area contributed by atoms with Crippen molar-refractivity contribution in [3.05, 3.63) is 21.9 Å². The van der Waals surface area contributed by atoms with Gasteiger partial charge in [-0.1, -0.05) is 0 Å². The van der Waals surface area contributed by atoms with Crippen molar-refractivity contribution < 1.29 is 27.9 Å². The van der Waals surface area contributed by atoms with Crippen LogP contribution in [0, 0.1) is 5.92 Å². The first-order valence-electron chi connectivity index (χ1n) is 6.64. The molecule has 1 saturated heterocycles. The minimum atomic E-state index is -4.21. The van der Waals surface area contributed by atoms with Gasteiger partial charge in [-0.2, -0.15) is 13.2 Å².